The molecule has 1 saturated carbocycles. The van der Waals surface area contributed by atoms with Gasteiger partial charge in [-0.3, -0.25) is 0 Å². The fourth-order valence-corrected chi connectivity index (χ4v) is 2.84. The molecule has 0 aromatic heterocycles. The third-order valence-corrected chi connectivity index (χ3v) is 4.19. The van der Waals surface area contributed by atoms with Gasteiger partial charge in [-0.1, -0.05) is 17.7 Å². The van der Waals surface area contributed by atoms with Gasteiger partial charge in [-0.15, -0.1) is 6.58 Å². The number of oxime groups is 1. The maximum Gasteiger partial charge on any atom is 0.371 e. The molecule has 1 aliphatic carbocycles. The van der Waals surface area contributed by atoms with Crippen LogP contribution in [0.5, 0.6) is 0 Å². The van der Waals surface area contributed by atoms with Crippen molar-refractivity contribution < 1.29 is 36.3 Å². The molecule has 1 fully saturated rings. The summed E-state index contributed by atoms with van der Waals surface area (Å²) in [6.07, 6.45) is 3.82. The number of nitrogens with zero attached hydrogens (tertiary/aromatic N) is 1. The minimum Gasteiger partial charge on any atom is -0.377 e. The molecule has 0 amide bonds. The number of hydrogen-bond donors (Lipinski definition) is 0. The van der Waals surface area contributed by atoms with Crippen LogP contribution in [0, 0.1) is 35.0 Å². The van der Waals surface area contributed by atoms with Crippen LogP contribution in [0.3, 0.4) is 0 Å². The molecule has 0 heterocycles. The lowest BCUT2D eigenvalue weighted by atomic mass is 9.83. The molecule has 2 rings (SSSR count). The highest BCUT2D eigenvalue weighted by atomic mass is 19.2. The average Bonchev–Trinajstić information content (AvgIpc) is 2.65. The third kappa shape index (κ3) is 3.77. The van der Waals surface area contributed by atoms with Gasteiger partial charge in [0, 0.05) is 13.0 Å². The van der Waals surface area contributed by atoms with Crippen LogP contribution in [-0.2, 0) is 9.57 Å². The Morgan fingerprint density at radius 2 is 1.69 bits per heavy atom. The summed E-state index contributed by atoms with van der Waals surface area (Å²) in [4.78, 5) is 16.3. The van der Waals surface area contributed by atoms with Crippen molar-refractivity contribution in [2.24, 2.45) is 11.1 Å². The van der Waals surface area contributed by atoms with Gasteiger partial charge in [0.2, 0.25) is 5.82 Å². The number of carbonyl (C=O) groups excluding carboxylic acids is 1. The minimum atomic E-state index is -2.36. The van der Waals surface area contributed by atoms with E-state index in [0.29, 0.717) is 18.6 Å². The van der Waals surface area contributed by atoms with Crippen molar-refractivity contribution in [3.63, 3.8) is 0 Å². The first kappa shape index (κ1) is 20.0. The minimum absolute atomic E-state index is 0.268. The van der Waals surface area contributed by atoms with Crippen molar-refractivity contribution in [3.8, 4) is 0 Å². The fraction of sp³-hybridized carbons (Fsp3) is 0.412. The van der Waals surface area contributed by atoms with Crippen LogP contribution in [0.25, 0.3) is 0 Å². The second-order valence-electron chi connectivity index (χ2n) is 5.69. The number of benzene rings is 1. The number of hydrogen-bond acceptors (Lipinski definition) is 4. The Morgan fingerprint density at radius 3 is 2.23 bits per heavy atom. The molecule has 0 N–H and O–H groups in total. The molecule has 26 heavy (non-hydrogen) atoms. The van der Waals surface area contributed by atoms with E-state index in [1.165, 1.54) is 13.2 Å². The van der Waals surface area contributed by atoms with E-state index >= 15 is 0 Å². The number of rotatable bonds is 5. The van der Waals surface area contributed by atoms with Gasteiger partial charge in [0.05, 0.1) is 11.8 Å². The maximum absolute atomic E-state index is 13.6. The van der Waals surface area contributed by atoms with Gasteiger partial charge in [-0.2, -0.15) is 0 Å². The Morgan fingerprint density at radius 1 is 1.12 bits per heavy atom. The Bertz CT molecular complexity index is 721. The van der Waals surface area contributed by atoms with Crippen molar-refractivity contribution >= 4 is 11.7 Å². The lowest BCUT2D eigenvalue weighted by Crippen LogP contribution is -2.31. The molecular formula is C17H16F5NO3. The predicted molar refractivity (Wildman–Crippen MR) is 82.0 cm³/mol. The SMILES string of the molecule is C=CC(OC)C1CCCC/C1=N/OC(=O)c1c(F)c(F)c(F)c(F)c1F. The molecule has 1 aliphatic rings. The topological polar surface area (TPSA) is 47.9 Å². The van der Waals surface area contributed by atoms with E-state index in [1.807, 2.05) is 0 Å². The van der Waals surface area contributed by atoms with E-state index in [4.69, 9.17) is 4.74 Å². The number of halogens is 5. The zero-order chi connectivity index (χ0) is 19.4. The van der Waals surface area contributed by atoms with Gasteiger partial charge in [0.25, 0.3) is 0 Å². The molecule has 0 bridgehead atoms. The maximum atomic E-state index is 13.6. The molecule has 1 aromatic carbocycles. The predicted octanol–water partition coefficient (Wildman–Crippen LogP) is 4.29. The zero-order valence-electron chi connectivity index (χ0n) is 13.8. The van der Waals surface area contributed by atoms with Crippen LogP contribution in [0.1, 0.15) is 36.0 Å². The first-order valence-corrected chi connectivity index (χ1v) is 7.78. The molecule has 2 atom stereocenters. The Balaban J connectivity index is 2.30. The molecule has 0 aliphatic heterocycles. The quantitative estimate of drug-likeness (QED) is 0.192. The zero-order valence-corrected chi connectivity index (χ0v) is 13.8. The molecular weight excluding hydrogens is 361 g/mol. The summed E-state index contributed by atoms with van der Waals surface area (Å²) in [5.74, 6) is -13.4. The van der Waals surface area contributed by atoms with Crippen molar-refractivity contribution in [3.05, 3.63) is 47.3 Å². The summed E-state index contributed by atoms with van der Waals surface area (Å²) in [5.41, 5.74) is -1.30. The highest BCUT2D eigenvalue weighted by molar-refractivity contribution is 5.92. The standard InChI is InChI=1S/C17H16F5NO3/c1-3-10(25-2)8-6-4-5-7-9(8)23-26-17(24)11-12(18)14(20)16(22)15(21)13(11)19/h3,8,10H,1,4-7H2,2H3/b23-9-. The van der Waals surface area contributed by atoms with E-state index in [-0.39, 0.29) is 5.92 Å². The van der Waals surface area contributed by atoms with Gasteiger partial charge in [-0.05, 0) is 19.3 Å². The fourth-order valence-electron chi connectivity index (χ4n) is 2.84. The first-order valence-electron chi connectivity index (χ1n) is 7.78. The second-order valence-corrected chi connectivity index (χ2v) is 5.69. The third-order valence-electron chi connectivity index (χ3n) is 4.19. The summed E-state index contributed by atoms with van der Waals surface area (Å²) < 4.78 is 71.9. The van der Waals surface area contributed by atoms with Crippen LogP contribution >= 0.6 is 0 Å². The van der Waals surface area contributed by atoms with E-state index in [9.17, 15) is 26.7 Å². The normalized spacial score (nSPS) is 20.1. The summed E-state index contributed by atoms with van der Waals surface area (Å²) in [7, 11) is 1.46. The number of methoxy groups -OCH3 is 1. The van der Waals surface area contributed by atoms with Crippen LogP contribution in [-0.4, -0.2) is 24.9 Å². The van der Waals surface area contributed by atoms with E-state index in [0.717, 1.165) is 12.8 Å². The summed E-state index contributed by atoms with van der Waals surface area (Å²) in [6.45, 7) is 3.63. The number of carbonyl (C=O) groups is 1. The molecule has 142 valence electrons. The monoisotopic (exact) mass is 377 g/mol. The molecule has 4 nitrogen and oxygen atoms in total. The summed E-state index contributed by atoms with van der Waals surface area (Å²) >= 11 is 0. The summed E-state index contributed by atoms with van der Waals surface area (Å²) in [5, 5.41) is 3.59. The average molecular weight is 377 g/mol. The van der Waals surface area contributed by atoms with Gasteiger partial charge < -0.3 is 9.57 Å². The highest BCUT2D eigenvalue weighted by Crippen LogP contribution is 2.28. The van der Waals surface area contributed by atoms with Gasteiger partial charge in [0.15, 0.2) is 23.3 Å². The van der Waals surface area contributed by atoms with Crippen LogP contribution in [0.4, 0.5) is 22.0 Å². The first-order chi connectivity index (χ1) is 12.3. The molecule has 0 radical (unpaired) electrons. The Kier molecular flexibility index (Phi) is 6.47. The number of ether oxygens (including phenoxy) is 1. The smallest absolute Gasteiger partial charge is 0.371 e. The van der Waals surface area contributed by atoms with Gasteiger partial charge in [-0.25, -0.2) is 26.7 Å². The van der Waals surface area contributed by atoms with Crippen molar-refractivity contribution in [2.45, 2.75) is 31.8 Å². The van der Waals surface area contributed by atoms with Crippen molar-refractivity contribution in [1.29, 1.82) is 0 Å². The molecule has 9 heteroatoms. The lowest BCUT2D eigenvalue weighted by Gasteiger charge is -2.28. The second kappa shape index (κ2) is 8.39. The Labute approximate surface area is 146 Å². The summed E-state index contributed by atoms with van der Waals surface area (Å²) in [6, 6.07) is 0. The van der Waals surface area contributed by atoms with E-state index in [1.54, 1.807) is 0 Å². The Hall–Kier alpha value is -2.29. The van der Waals surface area contributed by atoms with Crippen LogP contribution in [0.15, 0.2) is 17.8 Å². The lowest BCUT2D eigenvalue weighted by molar-refractivity contribution is 0.0487. The largest absolute Gasteiger partial charge is 0.377 e. The van der Waals surface area contributed by atoms with Crippen LogP contribution in [0.2, 0.25) is 0 Å². The van der Waals surface area contributed by atoms with E-state index < -0.39 is 46.7 Å². The van der Waals surface area contributed by atoms with E-state index in [2.05, 4.69) is 16.6 Å². The highest BCUT2D eigenvalue weighted by Gasteiger charge is 2.32. The van der Waals surface area contributed by atoms with Crippen molar-refractivity contribution in [2.75, 3.05) is 7.11 Å². The molecule has 0 saturated heterocycles. The molecule has 0 spiro atoms. The van der Waals surface area contributed by atoms with Gasteiger partial charge in [0.1, 0.15) is 5.56 Å². The van der Waals surface area contributed by atoms with Gasteiger partial charge >= 0.3 is 5.97 Å². The van der Waals surface area contributed by atoms with Crippen LogP contribution < -0.4 is 0 Å². The molecule has 1 aromatic rings. The van der Waals surface area contributed by atoms with Crippen molar-refractivity contribution in [1.82, 2.24) is 0 Å². The molecule has 2 unspecified atom stereocenters.